The second-order valence-corrected chi connectivity index (χ2v) is 6.13. The van der Waals surface area contributed by atoms with Crippen molar-refractivity contribution in [2.75, 3.05) is 13.2 Å². The van der Waals surface area contributed by atoms with Gasteiger partial charge in [-0.25, -0.2) is 0 Å². The molecule has 0 spiro atoms. The fraction of sp³-hybridized carbons (Fsp3) is 0.267. The van der Waals surface area contributed by atoms with E-state index in [4.69, 9.17) is 20.8 Å². The Morgan fingerprint density at radius 1 is 1.33 bits per heavy atom. The van der Waals surface area contributed by atoms with E-state index in [1.165, 1.54) is 24.5 Å². The van der Waals surface area contributed by atoms with Gasteiger partial charge in [0, 0.05) is 4.47 Å². The van der Waals surface area contributed by atoms with Gasteiger partial charge >= 0.3 is 6.18 Å². The van der Waals surface area contributed by atoms with E-state index in [0.29, 0.717) is 9.37 Å². The lowest BCUT2D eigenvalue weighted by Gasteiger charge is -2.23. The largest absolute Gasteiger partial charge is 0.482 e. The van der Waals surface area contributed by atoms with Crippen LogP contribution in [-0.2, 0) is 11.3 Å². The van der Waals surface area contributed by atoms with Gasteiger partial charge in [0.2, 0.25) is 0 Å². The Hall–Kier alpha value is -1.67. The van der Waals surface area contributed by atoms with Gasteiger partial charge in [-0.15, -0.1) is 0 Å². The number of hydrogen-bond acceptors (Lipinski definition) is 3. The first-order valence-corrected chi connectivity index (χ1v) is 7.86. The third-order valence-corrected chi connectivity index (χ3v) is 3.68. The van der Waals surface area contributed by atoms with Crippen LogP contribution in [-0.4, -0.2) is 30.1 Å². The van der Waals surface area contributed by atoms with Crippen molar-refractivity contribution in [3.63, 3.8) is 0 Å². The number of nitrogens with zero attached hydrogens (tertiary/aromatic N) is 1. The highest BCUT2D eigenvalue weighted by molar-refractivity contribution is 9.10. The number of carbonyl (C=O) groups excluding carboxylic acids is 1. The van der Waals surface area contributed by atoms with E-state index >= 15 is 0 Å². The molecule has 0 aliphatic carbocycles. The maximum atomic E-state index is 12.7. The molecule has 0 aliphatic heterocycles. The summed E-state index contributed by atoms with van der Waals surface area (Å²) in [5.41, 5.74) is 0. The fourth-order valence-corrected chi connectivity index (χ4v) is 2.59. The van der Waals surface area contributed by atoms with E-state index in [-0.39, 0.29) is 23.1 Å². The zero-order valence-electron chi connectivity index (χ0n) is 12.1. The molecule has 0 N–H and O–H groups in total. The van der Waals surface area contributed by atoms with E-state index in [1.807, 2.05) is 0 Å². The Labute approximate surface area is 149 Å². The number of halogens is 5. The van der Waals surface area contributed by atoms with Gasteiger partial charge in [0.15, 0.2) is 6.61 Å². The fourth-order valence-electron chi connectivity index (χ4n) is 1.86. The van der Waals surface area contributed by atoms with E-state index in [0.717, 1.165) is 0 Å². The van der Waals surface area contributed by atoms with Crippen molar-refractivity contribution in [3.8, 4) is 5.75 Å². The van der Waals surface area contributed by atoms with E-state index in [2.05, 4.69) is 15.9 Å². The molecule has 1 amide bonds. The number of amides is 1. The Bertz CT molecular complexity index is 692. The third-order valence-electron chi connectivity index (χ3n) is 2.89. The minimum absolute atomic E-state index is 0.207. The van der Waals surface area contributed by atoms with Gasteiger partial charge in [0.05, 0.1) is 17.8 Å². The van der Waals surface area contributed by atoms with Crippen molar-refractivity contribution in [1.29, 1.82) is 0 Å². The SMILES string of the molecule is O=C(COc1ccc(Br)cc1Cl)N(Cc1ccco1)CC(F)(F)F. The standard InChI is InChI=1S/C15H12BrClF3NO3/c16-10-3-4-13(12(17)6-10)24-8-14(22)21(9-15(18,19)20)7-11-2-1-5-23-11/h1-6H,7-9H2. The predicted octanol–water partition coefficient (Wildman–Crippen LogP) is 4.67. The molecule has 0 saturated carbocycles. The van der Waals surface area contributed by atoms with E-state index in [9.17, 15) is 18.0 Å². The zero-order chi connectivity index (χ0) is 17.7. The molecule has 0 unspecified atom stereocenters. The molecule has 0 radical (unpaired) electrons. The van der Waals surface area contributed by atoms with Crippen LogP contribution in [0.15, 0.2) is 45.5 Å². The summed E-state index contributed by atoms with van der Waals surface area (Å²) < 4.78 is 49.0. The highest BCUT2D eigenvalue weighted by atomic mass is 79.9. The lowest BCUT2D eigenvalue weighted by atomic mass is 10.3. The third kappa shape index (κ3) is 5.76. The molecule has 1 aromatic carbocycles. The molecule has 0 bridgehead atoms. The quantitative estimate of drug-likeness (QED) is 0.674. The average molecular weight is 427 g/mol. The summed E-state index contributed by atoms with van der Waals surface area (Å²) in [6.45, 7) is -2.27. The molecule has 0 saturated heterocycles. The predicted molar refractivity (Wildman–Crippen MR) is 84.8 cm³/mol. The van der Waals surface area contributed by atoms with Gasteiger partial charge < -0.3 is 14.1 Å². The number of benzene rings is 1. The summed E-state index contributed by atoms with van der Waals surface area (Å²) in [6, 6.07) is 7.73. The number of alkyl halides is 3. The molecule has 0 atom stereocenters. The van der Waals surface area contributed by atoms with Crippen LogP contribution in [0.4, 0.5) is 13.2 Å². The van der Waals surface area contributed by atoms with Gasteiger partial charge in [0.25, 0.3) is 5.91 Å². The first-order chi connectivity index (χ1) is 11.2. The highest BCUT2D eigenvalue weighted by Crippen LogP contribution is 2.28. The smallest absolute Gasteiger partial charge is 0.406 e. The van der Waals surface area contributed by atoms with Crippen LogP contribution >= 0.6 is 27.5 Å². The van der Waals surface area contributed by atoms with Crippen LogP contribution < -0.4 is 4.74 Å². The monoisotopic (exact) mass is 425 g/mol. The number of hydrogen-bond donors (Lipinski definition) is 0. The second kappa shape index (κ2) is 7.94. The highest BCUT2D eigenvalue weighted by Gasteiger charge is 2.33. The van der Waals surface area contributed by atoms with Gasteiger partial charge in [-0.1, -0.05) is 27.5 Å². The van der Waals surface area contributed by atoms with Crippen molar-refractivity contribution >= 4 is 33.4 Å². The topological polar surface area (TPSA) is 42.7 Å². The average Bonchev–Trinajstić information content (AvgIpc) is 2.97. The van der Waals surface area contributed by atoms with Crippen molar-refractivity contribution in [1.82, 2.24) is 4.90 Å². The number of furan rings is 1. The lowest BCUT2D eigenvalue weighted by molar-refractivity contribution is -0.164. The first-order valence-electron chi connectivity index (χ1n) is 6.69. The summed E-state index contributed by atoms with van der Waals surface area (Å²) in [4.78, 5) is 12.7. The molecule has 0 fully saturated rings. The first kappa shape index (κ1) is 18.7. The lowest BCUT2D eigenvalue weighted by Crippen LogP contribution is -2.40. The number of ether oxygens (including phenoxy) is 1. The van der Waals surface area contributed by atoms with Crippen LogP contribution in [0.2, 0.25) is 5.02 Å². The van der Waals surface area contributed by atoms with Crippen LogP contribution in [0.3, 0.4) is 0 Å². The molecular formula is C15H12BrClF3NO3. The molecule has 1 heterocycles. The molecule has 4 nitrogen and oxygen atoms in total. The van der Waals surface area contributed by atoms with Crippen molar-refractivity contribution in [2.45, 2.75) is 12.7 Å². The Kier molecular flexibility index (Phi) is 6.17. The Morgan fingerprint density at radius 3 is 2.67 bits per heavy atom. The second-order valence-electron chi connectivity index (χ2n) is 4.81. The minimum atomic E-state index is -4.53. The van der Waals surface area contributed by atoms with Crippen molar-refractivity contribution < 1.29 is 27.1 Å². The van der Waals surface area contributed by atoms with Crippen LogP contribution in [0, 0.1) is 0 Å². The maximum Gasteiger partial charge on any atom is 0.406 e. The van der Waals surface area contributed by atoms with Crippen molar-refractivity contribution in [2.24, 2.45) is 0 Å². The summed E-state index contributed by atoms with van der Waals surface area (Å²) >= 11 is 9.15. The molecule has 1 aromatic heterocycles. The van der Waals surface area contributed by atoms with Crippen LogP contribution in [0.5, 0.6) is 5.75 Å². The van der Waals surface area contributed by atoms with Crippen LogP contribution in [0.1, 0.15) is 5.76 Å². The molecule has 130 valence electrons. The van der Waals surface area contributed by atoms with Gasteiger partial charge in [0.1, 0.15) is 18.1 Å². The molecule has 9 heteroatoms. The van der Waals surface area contributed by atoms with Gasteiger partial charge in [-0.2, -0.15) is 13.2 Å². The van der Waals surface area contributed by atoms with E-state index in [1.54, 1.807) is 12.1 Å². The summed E-state index contributed by atoms with van der Waals surface area (Å²) in [7, 11) is 0. The summed E-state index contributed by atoms with van der Waals surface area (Å²) in [5.74, 6) is -0.379. The van der Waals surface area contributed by atoms with E-state index < -0.39 is 25.2 Å². The molecular weight excluding hydrogens is 415 g/mol. The maximum absolute atomic E-state index is 12.7. The molecule has 2 aromatic rings. The normalized spacial score (nSPS) is 11.4. The van der Waals surface area contributed by atoms with Crippen molar-refractivity contribution in [3.05, 3.63) is 51.9 Å². The molecule has 0 aliphatic rings. The summed E-state index contributed by atoms with van der Waals surface area (Å²) in [6.07, 6.45) is -3.21. The zero-order valence-corrected chi connectivity index (χ0v) is 14.5. The van der Waals surface area contributed by atoms with Gasteiger partial charge in [-0.05, 0) is 30.3 Å². The van der Waals surface area contributed by atoms with Crippen LogP contribution in [0.25, 0.3) is 0 Å². The molecule has 2 rings (SSSR count). The Morgan fingerprint density at radius 2 is 2.08 bits per heavy atom. The number of rotatable bonds is 6. The summed E-state index contributed by atoms with van der Waals surface area (Å²) in [5, 5.41) is 0.241. The minimum Gasteiger partial charge on any atom is -0.482 e. The number of carbonyl (C=O) groups is 1. The molecule has 24 heavy (non-hydrogen) atoms. The Balaban J connectivity index is 2.03. The van der Waals surface area contributed by atoms with Gasteiger partial charge in [-0.3, -0.25) is 4.79 Å².